The lowest BCUT2D eigenvalue weighted by Crippen LogP contribution is -2.44. The number of aliphatic hydroxyl groups excluding tert-OH is 1. The highest BCUT2D eigenvalue weighted by atomic mass is 28.4. The fraction of sp³-hybridized carbons (Fsp3) is 0.429. The number of hydrogen-bond donors (Lipinski definition) is 1. The summed E-state index contributed by atoms with van der Waals surface area (Å²) in [5, 5.41) is 17.4. The number of likely N-dealkylation sites (N-methyl/N-ethyl adjacent to an activating group) is 1. The average molecular weight is 552 g/mol. The molecule has 206 valence electrons. The summed E-state index contributed by atoms with van der Waals surface area (Å²) in [6.45, 7) is 5.68. The van der Waals surface area contributed by atoms with Crippen molar-refractivity contribution in [3.05, 3.63) is 66.0 Å². The largest absolute Gasteiger partial charge is 0.396 e. The highest BCUT2D eigenvalue weighted by Gasteiger charge is 2.66. The van der Waals surface area contributed by atoms with E-state index < -0.39 is 31.6 Å². The monoisotopic (exact) mass is 551 g/mol. The number of aliphatic hydroxyl groups is 1. The van der Waals surface area contributed by atoms with Gasteiger partial charge in [-0.2, -0.15) is 0 Å². The van der Waals surface area contributed by atoms with E-state index in [1.807, 2.05) is 49.4 Å². The van der Waals surface area contributed by atoms with Crippen molar-refractivity contribution in [3.8, 4) is 0 Å². The Balaban J connectivity index is 1.53. The zero-order chi connectivity index (χ0) is 27.9. The third kappa shape index (κ3) is 4.58. The normalized spacial score (nSPS) is 24.4. The number of carbonyl (C=O) groups is 2. The van der Waals surface area contributed by atoms with Crippen molar-refractivity contribution in [2.75, 3.05) is 23.5 Å². The molecule has 5 rings (SSSR count). The van der Waals surface area contributed by atoms with Gasteiger partial charge in [-0.3, -0.25) is 19.2 Å². The summed E-state index contributed by atoms with van der Waals surface area (Å²) in [7, 11) is -1.59. The zero-order valence-corrected chi connectivity index (χ0v) is 23.6. The quantitative estimate of drug-likeness (QED) is 0.246. The molecule has 0 bridgehead atoms. The topological polar surface area (TPSA) is 101 Å². The minimum atomic E-state index is -3.30. The number of carbonyl (C=O) groups excluding carboxylic acids is 2. The van der Waals surface area contributed by atoms with E-state index in [2.05, 4.69) is 10.3 Å². The van der Waals surface area contributed by atoms with Crippen molar-refractivity contribution in [1.29, 1.82) is 0 Å². The molecule has 3 heterocycles. The molecule has 1 N–H and O–H groups in total. The number of hydrogen-bond acceptors (Lipinski definition) is 6. The van der Waals surface area contributed by atoms with Crippen LogP contribution in [-0.2, 0) is 32.9 Å². The van der Waals surface area contributed by atoms with E-state index in [4.69, 9.17) is 4.74 Å². The number of aromatic nitrogens is 3. The average Bonchev–Trinajstić information content (AvgIpc) is 3.55. The van der Waals surface area contributed by atoms with E-state index >= 15 is 4.11 Å². The summed E-state index contributed by atoms with van der Waals surface area (Å²) in [6, 6.07) is 14.7. The number of amides is 2. The van der Waals surface area contributed by atoms with Crippen LogP contribution < -0.4 is 9.80 Å². The maximum absolute atomic E-state index is 16.0. The molecule has 39 heavy (non-hydrogen) atoms. The maximum Gasteiger partial charge on any atom is 0.264 e. The fourth-order valence-corrected chi connectivity index (χ4v) is 8.90. The second-order valence-electron chi connectivity index (χ2n) is 10.9. The van der Waals surface area contributed by atoms with E-state index in [-0.39, 0.29) is 12.5 Å². The number of rotatable bonds is 9. The Morgan fingerprint density at radius 2 is 1.95 bits per heavy atom. The van der Waals surface area contributed by atoms with Gasteiger partial charge >= 0.3 is 0 Å². The first-order valence-corrected chi connectivity index (χ1v) is 16.2. The van der Waals surface area contributed by atoms with Gasteiger partial charge in [-0.25, -0.2) is 0 Å². The van der Waals surface area contributed by atoms with Gasteiger partial charge in [-0.05, 0) is 49.8 Å². The number of aryl methyl sites for hydroxylation is 1. The molecule has 1 spiro atoms. The van der Waals surface area contributed by atoms with Crippen molar-refractivity contribution < 1.29 is 23.5 Å². The Bertz CT molecular complexity index is 1360. The number of anilines is 3. The van der Waals surface area contributed by atoms with Crippen LogP contribution in [0.4, 0.5) is 21.2 Å². The molecular weight excluding hydrogens is 517 g/mol. The van der Waals surface area contributed by atoms with Gasteiger partial charge in [0.15, 0.2) is 5.60 Å². The molecule has 2 aromatic carbocycles. The third-order valence-corrected chi connectivity index (χ3v) is 10.5. The molecule has 1 aromatic heterocycles. The molecule has 2 aliphatic rings. The third-order valence-electron chi connectivity index (χ3n) is 8.09. The molecule has 3 aromatic rings. The molecule has 0 aliphatic carbocycles. The van der Waals surface area contributed by atoms with Crippen molar-refractivity contribution in [1.82, 2.24) is 15.0 Å². The molecule has 0 radical (unpaired) electrons. The maximum atomic E-state index is 16.0. The van der Waals surface area contributed by atoms with E-state index in [0.29, 0.717) is 47.7 Å². The van der Waals surface area contributed by atoms with Crippen LogP contribution >= 0.6 is 0 Å². The smallest absolute Gasteiger partial charge is 0.264 e. The number of halogens is 1. The van der Waals surface area contributed by atoms with Gasteiger partial charge in [0.05, 0.1) is 17.5 Å². The first-order chi connectivity index (χ1) is 18.6. The molecular formula is C28H34FN5O4Si. The Morgan fingerprint density at radius 1 is 1.21 bits per heavy atom. The van der Waals surface area contributed by atoms with E-state index in [1.165, 1.54) is 4.90 Å². The van der Waals surface area contributed by atoms with Crippen LogP contribution in [0.2, 0.25) is 18.6 Å². The lowest BCUT2D eigenvalue weighted by Gasteiger charge is -2.31. The lowest BCUT2D eigenvalue weighted by molar-refractivity contribution is -0.145. The van der Waals surface area contributed by atoms with E-state index in [0.717, 1.165) is 6.41 Å². The van der Waals surface area contributed by atoms with Gasteiger partial charge in [0, 0.05) is 61.2 Å². The molecule has 1 saturated heterocycles. The van der Waals surface area contributed by atoms with Crippen LogP contribution in [0.15, 0.2) is 54.7 Å². The lowest BCUT2D eigenvalue weighted by atomic mass is 9.82. The van der Waals surface area contributed by atoms with Crippen molar-refractivity contribution in [2.45, 2.75) is 56.7 Å². The standard InChI is InChI=1S/C28H34FN5O4Si/c1-19-26(39(3,4)29)25(12-14-33-17-20(13-15-35)30-31-33)38-28(19)23-16-22(10-11-24(23)32(2)27(28)37)34(18-36)21-8-6-5-7-9-21/h5-11,16-19,25-26,35H,12-15H2,1-4H3/t19-,25+,26-,28+/m0/s1. The van der Waals surface area contributed by atoms with Gasteiger partial charge < -0.3 is 18.9 Å². The highest BCUT2D eigenvalue weighted by Crippen LogP contribution is 2.60. The molecule has 0 unspecified atom stereocenters. The van der Waals surface area contributed by atoms with Crippen LogP contribution in [0.3, 0.4) is 0 Å². The number of nitrogens with zero attached hydrogens (tertiary/aromatic N) is 5. The Morgan fingerprint density at radius 3 is 2.62 bits per heavy atom. The van der Waals surface area contributed by atoms with Gasteiger partial charge in [-0.1, -0.05) is 30.3 Å². The molecule has 2 amide bonds. The summed E-state index contributed by atoms with van der Waals surface area (Å²) in [6.07, 6.45) is 2.87. The minimum absolute atomic E-state index is 0.0169. The summed E-state index contributed by atoms with van der Waals surface area (Å²) < 4.78 is 24.3. The van der Waals surface area contributed by atoms with Crippen molar-refractivity contribution in [2.24, 2.45) is 5.92 Å². The number of ether oxygens (including phenoxy) is 1. The Hall–Kier alpha value is -3.41. The first kappa shape index (κ1) is 27.2. The van der Waals surface area contributed by atoms with Gasteiger partial charge in [0.1, 0.15) is 0 Å². The molecule has 9 nitrogen and oxygen atoms in total. The van der Waals surface area contributed by atoms with Crippen molar-refractivity contribution >= 4 is 37.8 Å². The molecule has 2 aliphatic heterocycles. The fourth-order valence-electron chi connectivity index (χ4n) is 6.36. The second-order valence-corrected chi connectivity index (χ2v) is 14.7. The molecule has 1 fully saturated rings. The number of fused-ring (bicyclic) bond motifs is 2. The summed E-state index contributed by atoms with van der Waals surface area (Å²) >= 11 is 0. The molecule has 11 heteroatoms. The van der Waals surface area contributed by atoms with Crippen LogP contribution in [0.1, 0.15) is 24.6 Å². The van der Waals surface area contributed by atoms with Crippen molar-refractivity contribution in [3.63, 3.8) is 0 Å². The predicted molar refractivity (Wildman–Crippen MR) is 148 cm³/mol. The number of para-hydroxylation sites is 1. The minimum Gasteiger partial charge on any atom is -0.396 e. The predicted octanol–water partition coefficient (Wildman–Crippen LogP) is 3.95. The van der Waals surface area contributed by atoms with Gasteiger partial charge in [-0.15, -0.1) is 5.10 Å². The SMILES string of the molecule is C[C@H]1[C@H]([Si](C)(C)F)[C@@H](CCn2cc(CCO)nn2)O[C@]12C(=O)N(C)c1ccc(N(C=O)c3ccccc3)cc12. The van der Waals surface area contributed by atoms with Crippen LogP contribution in [-0.4, -0.2) is 60.6 Å². The van der Waals surface area contributed by atoms with E-state index in [9.17, 15) is 14.7 Å². The first-order valence-electron chi connectivity index (χ1n) is 13.2. The molecule has 4 atom stereocenters. The molecule has 0 saturated carbocycles. The summed E-state index contributed by atoms with van der Waals surface area (Å²) in [5.74, 6) is -0.654. The highest BCUT2D eigenvalue weighted by molar-refractivity contribution is 6.72. The Kier molecular flexibility index (Phi) is 7.17. The summed E-state index contributed by atoms with van der Waals surface area (Å²) in [4.78, 5) is 29.2. The van der Waals surface area contributed by atoms with Gasteiger partial charge in [0.25, 0.3) is 5.91 Å². The summed E-state index contributed by atoms with van der Waals surface area (Å²) in [5.41, 5.74) is 1.52. The van der Waals surface area contributed by atoms with Gasteiger partial charge in [0.2, 0.25) is 14.8 Å². The van der Waals surface area contributed by atoms with Crippen LogP contribution in [0.25, 0.3) is 0 Å². The van der Waals surface area contributed by atoms with Crippen LogP contribution in [0.5, 0.6) is 0 Å². The Labute approximate surface area is 228 Å². The number of benzene rings is 2. The van der Waals surface area contributed by atoms with Crippen LogP contribution in [0, 0.1) is 5.92 Å². The second kappa shape index (κ2) is 10.3. The van der Waals surface area contributed by atoms with E-state index in [1.54, 1.807) is 42.0 Å². The zero-order valence-electron chi connectivity index (χ0n) is 22.6.